The summed E-state index contributed by atoms with van der Waals surface area (Å²) in [6.45, 7) is 1.78. The molecule has 1 amide bonds. The number of halogens is 2. The van der Waals surface area contributed by atoms with Crippen molar-refractivity contribution in [3.05, 3.63) is 58.3 Å². The fourth-order valence-corrected chi connectivity index (χ4v) is 2.40. The third-order valence-corrected chi connectivity index (χ3v) is 3.55. The van der Waals surface area contributed by atoms with Gasteiger partial charge in [-0.1, -0.05) is 22.0 Å². The summed E-state index contributed by atoms with van der Waals surface area (Å²) >= 11 is 3.39. The van der Waals surface area contributed by atoms with E-state index in [1.165, 1.54) is 23.1 Å². The Kier molecular flexibility index (Phi) is 4.96. The van der Waals surface area contributed by atoms with Crippen LogP contribution in [0.25, 0.3) is 0 Å². The molecule has 0 saturated carbocycles. The lowest BCUT2D eigenvalue weighted by atomic mass is 10.2. The molecule has 110 valence electrons. The largest absolute Gasteiger partial charge is 0.484 e. The molecule has 0 saturated heterocycles. The van der Waals surface area contributed by atoms with Crippen LogP contribution >= 0.6 is 15.9 Å². The van der Waals surface area contributed by atoms with Crippen LogP contribution in [-0.2, 0) is 4.79 Å². The average molecular weight is 352 g/mol. The van der Waals surface area contributed by atoms with Crippen molar-refractivity contribution in [1.29, 1.82) is 0 Å². The van der Waals surface area contributed by atoms with Crippen LogP contribution in [0.15, 0.2) is 46.9 Å². The number of carbonyl (C=O) groups is 1. The van der Waals surface area contributed by atoms with Gasteiger partial charge in [-0.15, -0.1) is 0 Å². The van der Waals surface area contributed by atoms with Crippen LogP contribution in [0.1, 0.15) is 5.56 Å². The van der Waals surface area contributed by atoms with Crippen molar-refractivity contribution in [2.45, 2.75) is 6.92 Å². The lowest BCUT2D eigenvalue weighted by molar-refractivity contribution is -0.120. The maximum absolute atomic E-state index is 13.0. The van der Waals surface area contributed by atoms with Crippen LogP contribution in [0.3, 0.4) is 0 Å². The van der Waals surface area contributed by atoms with Gasteiger partial charge < -0.3 is 9.64 Å². The van der Waals surface area contributed by atoms with Gasteiger partial charge in [0, 0.05) is 23.3 Å². The first-order chi connectivity index (χ1) is 9.97. The number of nitrogens with zero attached hydrogens (tertiary/aromatic N) is 1. The summed E-state index contributed by atoms with van der Waals surface area (Å²) in [4.78, 5) is 13.7. The first-order valence-corrected chi connectivity index (χ1v) is 7.18. The summed E-state index contributed by atoms with van der Waals surface area (Å²) in [6, 6.07) is 11.4. The average Bonchev–Trinajstić information content (AvgIpc) is 2.44. The Morgan fingerprint density at radius 3 is 2.71 bits per heavy atom. The van der Waals surface area contributed by atoms with E-state index in [4.69, 9.17) is 4.74 Å². The van der Waals surface area contributed by atoms with E-state index in [9.17, 15) is 9.18 Å². The number of likely N-dealkylation sites (N-methyl/N-ethyl adjacent to an activating group) is 1. The number of ether oxygens (including phenoxy) is 1. The summed E-state index contributed by atoms with van der Waals surface area (Å²) in [5.74, 6) is -0.258. The quantitative estimate of drug-likeness (QED) is 0.834. The Hall–Kier alpha value is -1.88. The van der Waals surface area contributed by atoms with E-state index >= 15 is 0 Å². The van der Waals surface area contributed by atoms with Crippen LogP contribution in [0.4, 0.5) is 10.1 Å². The van der Waals surface area contributed by atoms with Gasteiger partial charge in [0.2, 0.25) is 0 Å². The minimum absolute atomic E-state index is 0.143. The third kappa shape index (κ3) is 4.04. The van der Waals surface area contributed by atoms with Gasteiger partial charge >= 0.3 is 0 Å². The molecule has 5 heteroatoms. The predicted octanol–water partition coefficient (Wildman–Crippen LogP) is 3.94. The van der Waals surface area contributed by atoms with Crippen molar-refractivity contribution >= 4 is 27.5 Å². The SMILES string of the molecule is Cc1cc(Br)ccc1N(C)C(=O)COc1cccc(F)c1. The predicted molar refractivity (Wildman–Crippen MR) is 84.2 cm³/mol. The number of hydrogen-bond acceptors (Lipinski definition) is 2. The lowest BCUT2D eigenvalue weighted by Crippen LogP contribution is -2.31. The molecule has 0 unspecified atom stereocenters. The second-order valence-electron chi connectivity index (χ2n) is 4.63. The maximum atomic E-state index is 13.0. The van der Waals surface area contributed by atoms with Gasteiger partial charge in [0.1, 0.15) is 11.6 Å². The fraction of sp³-hybridized carbons (Fsp3) is 0.188. The standard InChI is InChI=1S/C16H15BrFNO2/c1-11-8-12(17)6-7-15(11)19(2)16(20)10-21-14-5-3-4-13(18)9-14/h3-9H,10H2,1-2H3. The summed E-state index contributed by atoms with van der Waals surface area (Å²) < 4.78 is 19.3. The molecule has 0 aliphatic heterocycles. The zero-order valence-electron chi connectivity index (χ0n) is 11.8. The van der Waals surface area contributed by atoms with Gasteiger partial charge in [-0.25, -0.2) is 4.39 Å². The maximum Gasteiger partial charge on any atom is 0.264 e. The Morgan fingerprint density at radius 1 is 1.29 bits per heavy atom. The van der Waals surface area contributed by atoms with E-state index in [1.54, 1.807) is 13.1 Å². The number of aryl methyl sites for hydroxylation is 1. The van der Waals surface area contributed by atoms with Crippen molar-refractivity contribution in [2.24, 2.45) is 0 Å². The Balaban J connectivity index is 2.02. The molecule has 0 spiro atoms. The summed E-state index contributed by atoms with van der Waals surface area (Å²) in [6.07, 6.45) is 0. The number of benzene rings is 2. The summed E-state index contributed by atoms with van der Waals surface area (Å²) in [7, 11) is 1.69. The minimum atomic E-state index is -0.392. The van der Waals surface area contributed by atoms with E-state index in [2.05, 4.69) is 15.9 Å². The number of carbonyl (C=O) groups excluding carboxylic acids is 1. The number of anilines is 1. The highest BCUT2D eigenvalue weighted by molar-refractivity contribution is 9.10. The van der Waals surface area contributed by atoms with Crippen LogP contribution in [0.2, 0.25) is 0 Å². The van der Waals surface area contributed by atoms with Gasteiger partial charge in [-0.2, -0.15) is 0 Å². The molecule has 0 atom stereocenters. The smallest absolute Gasteiger partial charge is 0.264 e. The molecule has 0 bridgehead atoms. The third-order valence-electron chi connectivity index (χ3n) is 3.05. The van der Waals surface area contributed by atoms with Gasteiger partial charge in [-0.05, 0) is 42.8 Å². The molecule has 0 aromatic heterocycles. The van der Waals surface area contributed by atoms with Gasteiger partial charge in [0.05, 0.1) is 0 Å². The van der Waals surface area contributed by atoms with E-state index in [-0.39, 0.29) is 12.5 Å². The fourth-order valence-electron chi connectivity index (χ4n) is 1.93. The molecular weight excluding hydrogens is 337 g/mol. The molecular formula is C16H15BrFNO2. The van der Waals surface area contributed by atoms with E-state index in [1.807, 2.05) is 25.1 Å². The number of rotatable bonds is 4. The van der Waals surface area contributed by atoms with Crippen molar-refractivity contribution in [2.75, 3.05) is 18.6 Å². The Bertz CT molecular complexity index is 660. The molecule has 0 aliphatic rings. The van der Waals surface area contributed by atoms with Gasteiger partial charge in [0.25, 0.3) is 5.91 Å². The van der Waals surface area contributed by atoms with Crippen molar-refractivity contribution in [3.63, 3.8) is 0 Å². The van der Waals surface area contributed by atoms with Crippen molar-refractivity contribution in [3.8, 4) is 5.75 Å². The van der Waals surface area contributed by atoms with E-state index in [0.29, 0.717) is 5.75 Å². The second-order valence-corrected chi connectivity index (χ2v) is 5.55. The first-order valence-electron chi connectivity index (χ1n) is 6.38. The van der Waals surface area contributed by atoms with Crippen LogP contribution in [-0.4, -0.2) is 19.6 Å². The topological polar surface area (TPSA) is 29.5 Å². The normalized spacial score (nSPS) is 10.3. The Morgan fingerprint density at radius 2 is 2.05 bits per heavy atom. The molecule has 21 heavy (non-hydrogen) atoms. The monoisotopic (exact) mass is 351 g/mol. The highest BCUT2D eigenvalue weighted by Gasteiger charge is 2.14. The van der Waals surface area contributed by atoms with E-state index < -0.39 is 5.82 Å². The molecule has 2 aromatic carbocycles. The summed E-state index contributed by atoms with van der Waals surface area (Å²) in [5.41, 5.74) is 1.79. The minimum Gasteiger partial charge on any atom is -0.484 e. The van der Waals surface area contributed by atoms with Crippen LogP contribution in [0.5, 0.6) is 5.75 Å². The second kappa shape index (κ2) is 6.72. The molecule has 3 nitrogen and oxygen atoms in total. The zero-order valence-corrected chi connectivity index (χ0v) is 13.4. The van der Waals surface area contributed by atoms with Gasteiger partial charge in [-0.3, -0.25) is 4.79 Å². The molecule has 2 aromatic rings. The lowest BCUT2D eigenvalue weighted by Gasteiger charge is -2.20. The number of hydrogen-bond donors (Lipinski definition) is 0. The highest BCUT2D eigenvalue weighted by Crippen LogP contribution is 2.23. The first kappa shape index (κ1) is 15.5. The molecule has 0 aliphatic carbocycles. The summed E-state index contributed by atoms with van der Waals surface area (Å²) in [5, 5.41) is 0. The van der Waals surface area contributed by atoms with Crippen LogP contribution in [0, 0.1) is 12.7 Å². The molecule has 0 N–H and O–H groups in total. The molecule has 0 fully saturated rings. The molecule has 2 rings (SSSR count). The van der Waals surface area contributed by atoms with Gasteiger partial charge in [0.15, 0.2) is 6.61 Å². The Labute approximate surface area is 131 Å². The molecule has 0 radical (unpaired) electrons. The highest BCUT2D eigenvalue weighted by atomic mass is 79.9. The van der Waals surface area contributed by atoms with Crippen LogP contribution < -0.4 is 9.64 Å². The number of amides is 1. The zero-order chi connectivity index (χ0) is 15.4. The molecule has 0 heterocycles. The van der Waals surface area contributed by atoms with Crippen molar-refractivity contribution < 1.29 is 13.9 Å². The van der Waals surface area contributed by atoms with Crippen molar-refractivity contribution in [1.82, 2.24) is 0 Å². The van der Waals surface area contributed by atoms with E-state index in [0.717, 1.165) is 15.7 Å².